The first-order valence-corrected chi connectivity index (χ1v) is 9.90. The van der Waals surface area contributed by atoms with Gasteiger partial charge in [-0.15, -0.1) is 0 Å². The minimum absolute atomic E-state index is 0.113. The summed E-state index contributed by atoms with van der Waals surface area (Å²) >= 11 is 0. The van der Waals surface area contributed by atoms with Gasteiger partial charge in [-0.05, 0) is 48.9 Å². The fraction of sp³-hybridized carbons (Fsp3) is 0.619. The molecule has 0 radical (unpaired) electrons. The molecule has 4 heteroatoms. The topological polar surface area (TPSA) is 49.4 Å². The zero-order valence-electron chi connectivity index (χ0n) is 15.4. The van der Waals surface area contributed by atoms with Crippen molar-refractivity contribution >= 4 is 23.2 Å². The van der Waals surface area contributed by atoms with Crippen LogP contribution in [0.15, 0.2) is 18.2 Å². The van der Waals surface area contributed by atoms with E-state index in [0.717, 1.165) is 49.5 Å². The van der Waals surface area contributed by atoms with Gasteiger partial charge >= 0.3 is 0 Å². The SMILES string of the molecule is CCCCN1C(=O)CCc2cc(NC(=O)CCC3CCCC3)ccc21. The first-order valence-electron chi connectivity index (χ1n) is 9.90. The Hall–Kier alpha value is -1.84. The summed E-state index contributed by atoms with van der Waals surface area (Å²) in [5.41, 5.74) is 3.05. The highest BCUT2D eigenvalue weighted by molar-refractivity contribution is 5.97. The van der Waals surface area contributed by atoms with Crippen LogP contribution in [0.1, 0.15) is 70.3 Å². The Morgan fingerprint density at radius 2 is 2.04 bits per heavy atom. The van der Waals surface area contributed by atoms with Crippen LogP contribution in [0.2, 0.25) is 0 Å². The number of fused-ring (bicyclic) bond motifs is 1. The number of nitrogens with one attached hydrogen (secondary N) is 1. The molecule has 2 amide bonds. The zero-order valence-corrected chi connectivity index (χ0v) is 15.4. The Morgan fingerprint density at radius 1 is 1.24 bits per heavy atom. The molecule has 1 aliphatic carbocycles. The van der Waals surface area contributed by atoms with Crippen molar-refractivity contribution in [2.75, 3.05) is 16.8 Å². The molecule has 1 N–H and O–H groups in total. The number of benzene rings is 1. The molecule has 0 aromatic heterocycles. The summed E-state index contributed by atoms with van der Waals surface area (Å²) in [4.78, 5) is 26.3. The number of anilines is 2. The van der Waals surface area contributed by atoms with E-state index in [1.54, 1.807) is 0 Å². The molecule has 3 rings (SSSR count). The first kappa shape index (κ1) is 18.0. The molecule has 1 fully saturated rings. The summed E-state index contributed by atoms with van der Waals surface area (Å²) in [5.74, 6) is 1.07. The Morgan fingerprint density at radius 3 is 2.80 bits per heavy atom. The average molecular weight is 342 g/mol. The Balaban J connectivity index is 1.60. The maximum atomic E-state index is 12.2. The molecular weight excluding hydrogens is 312 g/mol. The van der Waals surface area contributed by atoms with Crippen molar-refractivity contribution in [2.45, 2.75) is 71.1 Å². The van der Waals surface area contributed by atoms with E-state index in [9.17, 15) is 9.59 Å². The van der Waals surface area contributed by atoms with E-state index in [-0.39, 0.29) is 11.8 Å². The molecule has 0 bridgehead atoms. The highest BCUT2D eigenvalue weighted by Crippen LogP contribution is 2.31. The van der Waals surface area contributed by atoms with Gasteiger partial charge in [0, 0.05) is 30.8 Å². The summed E-state index contributed by atoms with van der Waals surface area (Å²) in [6.07, 6.45) is 10.3. The Labute approximate surface area is 151 Å². The van der Waals surface area contributed by atoms with E-state index in [1.807, 2.05) is 23.1 Å². The van der Waals surface area contributed by atoms with Crippen LogP contribution in [-0.4, -0.2) is 18.4 Å². The van der Waals surface area contributed by atoms with Gasteiger partial charge in [-0.2, -0.15) is 0 Å². The van der Waals surface area contributed by atoms with Gasteiger partial charge in [0.05, 0.1) is 0 Å². The average Bonchev–Trinajstić information content (AvgIpc) is 3.13. The second-order valence-electron chi connectivity index (χ2n) is 7.48. The number of aryl methyl sites for hydroxylation is 1. The summed E-state index contributed by atoms with van der Waals surface area (Å²) in [5, 5.41) is 3.04. The van der Waals surface area contributed by atoms with Gasteiger partial charge < -0.3 is 10.2 Å². The van der Waals surface area contributed by atoms with Gasteiger partial charge in [-0.1, -0.05) is 39.0 Å². The second-order valence-corrected chi connectivity index (χ2v) is 7.48. The van der Waals surface area contributed by atoms with Gasteiger partial charge in [0.1, 0.15) is 0 Å². The van der Waals surface area contributed by atoms with Crippen molar-refractivity contribution in [3.05, 3.63) is 23.8 Å². The molecule has 2 aliphatic rings. The lowest BCUT2D eigenvalue weighted by Gasteiger charge is -2.29. The van der Waals surface area contributed by atoms with Crippen molar-refractivity contribution < 1.29 is 9.59 Å². The smallest absolute Gasteiger partial charge is 0.227 e. The number of nitrogens with zero attached hydrogens (tertiary/aromatic N) is 1. The van der Waals surface area contributed by atoms with E-state index in [1.165, 1.54) is 31.2 Å². The highest BCUT2D eigenvalue weighted by atomic mass is 16.2. The van der Waals surface area contributed by atoms with Crippen LogP contribution >= 0.6 is 0 Å². The Kier molecular flexibility index (Phi) is 6.11. The molecule has 25 heavy (non-hydrogen) atoms. The minimum atomic E-state index is 0.113. The lowest BCUT2D eigenvalue weighted by Crippen LogP contribution is -2.35. The maximum absolute atomic E-state index is 12.2. The standard InChI is InChI=1S/C21H30N2O2/c1-2-3-14-23-19-11-10-18(15-17(19)9-13-21(23)25)22-20(24)12-8-16-6-4-5-7-16/h10-11,15-16H,2-9,12-14H2,1H3,(H,22,24). The first-order chi connectivity index (χ1) is 12.2. The van der Waals surface area contributed by atoms with Crippen LogP contribution in [0, 0.1) is 5.92 Å². The van der Waals surface area contributed by atoms with Crippen LogP contribution in [0.25, 0.3) is 0 Å². The van der Waals surface area contributed by atoms with Crippen LogP contribution in [-0.2, 0) is 16.0 Å². The number of carbonyl (C=O) groups is 2. The minimum Gasteiger partial charge on any atom is -0.326 e. The largest absolute Gasteiger partial charge is 0.326 e. The van der Waals surface area contributed by atoms with Crippen molar-refractivity contribution in [1.82, 2.24) is 0 Å². The van der Waals surface area contributed by atoms with Crippen molar-refractivity contribution in [3.8, 4) is 0 Å². The van der Waals surface area contributed by atoms with Crippen molar-refractivity contribution in [1.29, 1.82) is 0 Å². The van der Waals surface area contributed by atoms with E-state index < -0.39 is 0 Å². The lowest BCUT2D eigenvalue weighted by atomic mass is 9.99. The van der Waals surface area contributed by atoms with Gasteiger partial charge in [0.2, 0.25) is 11.8 Å². The van der Waals surface area contributed by atoms with E-state index in [2.05, 4.69) is 12.2 Å². The quantitative estimate of drug-likeness (QED) is 0.782. The van der Waals surface area contributed by atoms with Gasteiger partial charge in [0.25, 0.3) is 0 Å². The van der Waals surface area contributed by atoms with E-state index in [0.29, 0.717) is 12.8 Å². The van der Waals surface area contributed by atoms with Gasteiger partial charge in [0.15, 0.2) is 0 Å². The molecule has 136 valence electrons. The summed E-state index contributed by atoms with van der Waals surface area (Å²) < 4.78 is 0. The van der Waals surface area contributed by atoms with Crippen LogP contribution in [0.3, 0.4) is 0 Å². The molecule has 1 saturated carbocycles. The molecule has 4 nitrogen and oxygen atoms in total. The third-order valence-electron chi connectivity index (χ3n) is 5.55. The number of hydrogen-bond acceptors (Lipinski definition) is 2. The van der Waals surface area contributed by atoms with E-state index in [4.69, 9.17) is 0 Å². The highest BCUT2D eigenvalue weighted by Gasteiger charge is 2.24. The molecule has 1 aromatic rings. The fourth-order valence-corrected chi connectivity index (χ4v) is 4.06. The van der Waals surface area contributed by atoms with E-state index >= 15 is 0 Å². The molecule has 0 unspecified atom stereocenters. The van der Waals surface area contributed by atoms with Crippen LogP contribution in [0.4, 0.5) is 11.4 Å². The summed E-state index contributed by atoms with van der Waals surface area (Å²) in [6, 6.07) is 5.98. The zero-order chi connectivity index (χ0) is 17.6. The van der Waals surface area contributed by atoms with Crippen LogP contribution < -0.4 is 10.2 Å². The summed E-state index contributed by atoms with van der Waals surface area (Å²) in [6.45, 7) is 2.93. The van der Waals surface area contributed by atoms with Crippen molar-refractivity contribution in [3.63, 3.8) is 0 Å². The lowest BCUT2D eigenvalue weighted by molar-refractivity contribution is -0.119. The number of unbranched alkanes of at least 4 members (excludes halogenated alkanes) is 1. The monoisotopic (exact) mass is 342 g/mol. The van der Waals surface area contributed by atoms with Crippen LogP contribution in [0.5, 0.6) is 0 Å². The second kappa shape index (κ2) is 8.50. The van der Waals surface area contributed by atoms with Gasteiger partial charge in [-0.3, -0.25) is 9.59 Å². The molecular formula is C21H30N2O2. The molecule has 1 aromatic carbocycles. The number of carbonyl (C=O) groups excluding carboxylic acids is 2. The predicted molar refractivity (Wildman–Crippen MR) is 102 cm³/mol. The maximum Gasteiger partial charge on any atom is 0.227 e. The van der Waals surface area contributed by atoms with Crippen molar-refractivity contribution in [2.24, 2.45) is 5.92 Å². The molecule has 0 spiro atoms. The number of rotatable bonds is 7. The fourth-order valence-electron chi connectivity index (χ4n) is 4.06. The Bertz CT molecular complexity index is 620. The molecule has 0 saturated heterocycles. The number of hydrogen-bond donors (Lipinski definition) is 1. The molecule has 0 atom stereocenters. The number of amides is 2. The summed E-state index contributed by atoms with van der Waals surface area (Å²) in [7, 11) is 0. The third-order valence-corrected chi connectivity index (χ3v) is 5.55. The third kappa shape index (κ3) is 4.62. The normalized spacial score (nSPS) is 17.6. The van der Waals surface area contributed by atoms with Gasteiger partial charge in [-0.25, -0.2) is 0 Å². The molecule has 1 aliphatic heterocycles. The molecule has 1 heterocycles. The predicted octanol–water partition coefficient (Wildman–Crippen LogP) is 4.67.